The van der Waals surface area contributed by atoms with Gasteiger partial charge in [-0.3, -0.25) is 9.78 Å². The molecule has 2 aromatic heterocycles. The molecule has 68 valence electrons. The first kappa shape index (κ1) is 8.28. The number of halogens is 1. The van der Waals surface area contributed by atoms with Crippen LogP contribution in [0.5, 0.6) is 0 Å². The summed E-state index contributed by atoms with van der Waals surface area (Å²) in [6.45, 7) is -0.159. The number of hydrogen-bond donors (Lipinski definition) is 3. The molecule has 0 aliphatic rings. The predicted molar refractivity (Wildman–Crippen MR) is 47.6 cm³/mol. The van der Waals surface area contributed by atoms with Crippen molar-refractivity contribution in [3.05, 3.63) is 27.4 Å². The maximum atomic E-state index is 11.2. The second-order valence-corrected chi connectivity index (χ2v) is 2.93. The Morgan fingerprint density at radius 1 is 1.54 bits per heavy atom. The maximum Gasteiger partial charge on any atom is 0.261 e. The first-order chi connectivity index (χ1) is 6.20. The van der Waals surface area contributed by atoms with Gasteiger partial charge in [-0.05, 0) is 17.7 Å². The summed E-state index contributed by atoms with van der Waals surface area (Å²) in [5.41, 5.74) is 0.610. The van der Waals surface area contributed by atoms with E-state index in [1.807, 2.05) is 0 Å². The van der Waals surface area contributed by atoms with E-state index in [0.717, 1.165) is 0 Å². The summed E-state index contributed by atoms with van der Waals surface area (Å²) in [5, 5.41) is 9.22. The molecule has 5 nitrogen and oxygen atoms in total. The molecule has 2 aromatic rings. The molecule has 0 unspecified atom stereocenters. The summed E-state index contributed by atoms with van der Waals surface area (Å²) < 4.78 is 0. The molecule has 6 heteroatoms. The summed E-state index contributed by atoms with van der Waals surface area (Å²) in [6, 6.07) is 1.54. The van der Waals surface area contributed by atoms with Gasteiger partial charge in [0.05, 0.1) is 12.0 Å². The fourth-order valence-electron chi connectivity index (χ4n) is 1.13. The molecule has 0 saturated heterocycles. The van der Waals surface area contributed by atoms with Gasteiger partial charge in [-0.25, -0.2) is 4.98 Å². The number of H-pyrrole nitrogens is 2. The molecule has 0 atom stereocenters. The molecule has 2 heterocycles. The minimum atomic E-state index is -0.314. The fourth-order valence-corrected chi connectivity index (χ4v) is 1.30. The van der Waals surface area contributed by atoms with Crippen LogP contribution in [0.25, 0.3) is 11.0 Å². The molecular formula is C7H6ClN3O2. The van der Waals surface area contributed by atoms with Crippen molar-refractivity contribution in [3.8, 4) is 0 Å². The van der Waals surface area contributed by atoms with Gasteiger partial charge in [0.25, 0.3) is 5.56 Å². The highest BCUT2D eigenvalue weighted by Crippen LogP contribution is 2.10. The van der Waals surface area contributed by atoms with Crippen LogP contribution in [-0.4, -0.2) is 20.1 Å². The lowest BCUT2D eigenvalue weighted by molar-refractivity contribution is 0.278. The van der Waals surface area contributed by atoms with Gasteiger partial charge in [-0.2, -0.15) is 0 Å². The third-order valence-electron chi connectivity index (χ3n) is 1.69. The number of aliphatic hydroxyl groups is 1. The van der Waals surface area contributed by atoms with Crippen LogP contribution in [0.3, 0.4) is 0 Å². The van der Waals surface area contributed by atoms with Crippen LogP contribution in [0.2, 0.25) is 5.28 Å². The van der Waals surface area contributed by atoms with E-state index in [2.05, 4.69) is 15.0 Å². The number of hydrogen-bond acceptors (Lipinski definition) is 3. The lowest BCUT2D eigenvalue weighted by Gasteiger charge is -1.88. The second kappa shape index (κ2) is 2.86. The van der Waals surface area contributed by atoms with Crippen LogP contribution in [-0.2, 0) is 6.61 Å². The standard InChI is InChI=1S/C7H6ClN3O2/c8-7-10-5-4(6(13)11-7)1-3(2-12)9-5/h1,12H,2H2,(H2,9,10,11,13). The quantitative estimate of drug-likeness (QED) is 0.582. The van der Waals surface area contributed by atoms with Crippen molar-refractivity contribution >= 4 is 22.6 Å². The van der Waals surface area contributed by atoms with Crippen molar-refractivity contribution in [2.24, 2.45) is 0 Å². The summed E-state index contributed by atoms with van der Waals surface area (Å²) >= 11 is 5.53. The van der Waals surface area contributed by atoms with E-state index < -0.39 is 0 Å². The Balaban J connectivity index is 2.83. The molecule has 13 heavy (non-hydrogen) atoms. The van der Waals surface area contributed by atoms with E-state index in [4.69, 9.17) is 16.7 Å². The molecule has 0 aliphatic carbocycles. The van der Waals surface area contributed by atoms with Gasteiger partial charge in [0, 0.05) is 5.69 Å². The minimum absolute atomic E-state index is 0.0313. The molecule has 2 rings (SSSR count). The molecule has 0 bridgehead atoms. The molecule has 3 N–H and O–H groups in total. The molecule has 0 fully saturated rings. The third-order valence-corrected chi connectivity index (χ3v) is 1.87. The van der Waals surface area contributed by atoms with E-state index in [1.165, 1.54) is 6.07 Å². The number of fused-ring (bicyclic) bond motifs is 1. The Morgan fingerprint density at radius 3 is 3.00 bits per heavy atom. The summed E-state index contributed by atoms with van der Waals surface area (Å²) in [5.74, 6) is 0. The molecule has 0 amide bonds. The average Bonchev–Trinajstić information content (AvgIpc) is 2.47. The van der Waals surface area contributed by atoms with E-state index in [1.54, 1.807) is 0 Å². The van der Waals surface area contributed by atoms with Crippen LogP contribution in [0.15, 0.2) is 10.9 Å². The van der Waals surface area contributed by atoms with Gasteiger partial charge in [-0.15, -0.1) is 0 Å². The van der Waals surface area contributed by atoms with Crippen LogP contribution in [0, 0.1) is 0 Å². The average molecular weight is 200 g/mol. The normalized spacial score (nSPS) is 10.9. The van der Waals surface area contributed by atoms with E-state index >= 15 is 0 Å². The van der Waals surface area contributed by atoms with Crippen LogP contribution in [0.1, 0.15) is 5.69 Å². The zero-order chi connectivity index (χ0) is 9.42. The summed E-state index contributed by atoms with van der Waals surface area (Å²) in [7, 11) is 0. The number of aromatic amines is 2. The van der Waals surface area contributed by atoms with Gasteiger partial charge >= 0.3 is 0 Å². The molecule has 0 saturated carbocycles. The predicted octanol–water partition coefficient (Wildman–Crippen LogP) is 0.397. The van der Waals surface area contributed by atoms with Gasteiger partial charge in [0.15, 0.2) is 0 Å². The van der Waals surface area contributed by atoms with Crippen molar-refractivity contribution < 1.29 is 5.11 Å². The van der Waals surface area contributed by atoms with Crippen molar-refractivity contribution in [1.82, 2.24) is 15.0 Å². The van der Waals surface area contributed by atoms with Crippen molar-refractivity contribution in [1.29, 1.82) is 0 Å². The van der Waals surface area contributed by atoms with Crippen LogP contribution in [0.4, 0.5) is 0 Å². The Bertz CT molecular complexity index is 502. The van der Waals surface area contributed by atoms with Crippen molar-refractivity contribution in [2.75, 3.05) is 0 Å². The zero-order valence-electron chi connectivity index (χ0n) is 6.47. The van der Waals surface area contributed by atoms with Gasteiger partial charge < -0.3 is 10.1 Å². The van der Waals surface area contributed by atoms with Crippen LogP contribution >= 0.6 is 11.6 Å². The molecule has 0 aliphatic heterocycles. The Kier molecular flexibility index (Phi) is 1.82. The van der Waals surface area contributed by atoms with Gasteiger partial charge in [-0.1, -0.05) is 0 Å². The number of nitrogens with zero attached hydrogens (tertiary/aromatic N) is 1. The SMILES string of the molecule is O=c1[nH]c(Cl)nc2[nH]c(CO)cc12. The Labute approximate surface area is 77.4 Å². The Hall–Kier alpha value is -1.33. The Morgan fingerprint density at radius 2 is 2.31 bits per heavy atom. The summed E-state index contributed by atoms with van der Waals surface area (Å²) in [6.07, 6.45) is 0. The first-order valence-electron chi connectivity index (χ1n) is 3.59. The van der Waals surface area contributed by atoms with Crippen LogP contribution < -0.4 is 5.56 Å². The van der Waals surface area contributed by atoms with E-state index in [-0.39, 0.29) is 17.4 Å². The van der Waals surface area contributed by atoms with Gasteiger partial charge in [0.1, 0.15) is 5.65 Å². The maximum absolute atomic E-state index is 11.2. The number of nitrogens with one attached hydrogen (secondary N) is 2. The first-order valence-corrected chi connectivity index (χ1v) is 3.97. The highest BCUT2D eigenvalue weighted by atomic mass is 35.5. The molecule has 0 aromatic carbocycles. The topological polar surface area (TPSA) is 81.8 Å². The smallest absolute Gasteiger partial charge is 0.261 e. The lowest BCUT2D eigenvalue weighted by Crippen LogP contribution is -2.06. The number of aromatic nitrogens is 3. The summed E-state index contributed by atoms with van der Waals surface area (Å²) in [4.78, 5) is 20.2. The molecule has 0 radical (unpaired) electrons. The molecule has 0 spiro atoms. The third kappa shape index (κ3) is 1.32. The number of aliphatic hydroxyl groups excluding tert-OH is 1. The zero-order valence-corrected chi connectivity index (χ0v) is 7.22. The lowest BCUT2D eigenvalue weighted by atomic mass is 10.4. The second-order valence-electron chi connectivity index (χ2n) is 2.57. The highest BCUT2D eigenvalue weighted by molar-refractivity contribution is 6.28. The van der Waals surface area contributed by atoms with Gasteiger partial charge in [0.2, 0.25) is 5.28 Å². The van der Waals surface area contributed by atoms with Crippen molar-refractivity contribution in [3.63, 3.8) is 0 Å². The minimum Gasteiger partial charge on any atom is -0.390 e. The molecular weight excluding hydrogens is 194 g/mol. The monoisotopic (exact) mass is 199 g/mol. The highest BCUT2D eigenvalue weighted by Gasteiger charge is 2.05. The van der Waals surface area contributed by atoms with E-state index in [9.17, 15) is 4.79 Å². The largest absolute Gasteiger partial charge is 0.390 e. The van der Waals surface area contributed by atoms with E-state index in [0.29, 0.717) is 16.7 Å². The number of rotatable bonds is 1. The fraction of sp³-hybridized carbons (Fsp3) is 0.143. The van der Waals surface area contributed by atoms with Crippen molar-refractivity contribution in [2.45, 2.75) is 6.61 Å².